The molecule has 0 aromatic heterocycles. The average molecular weight is 240 g/mol. The van der Waals surface area contributed by atoms with E-state index in [1.165, 1.54) is 0 Å². The highest BCUT2D eigenvalue weighted by Crippen LogP contribution is 2.27. The Morgan fingerprint density at radius 1 is 1.00 bits per heavy atom. The normalized spacial score (nSPS) is 10.0. The Labute approximate surface area is 107 Å². The zero-order valence-electron chi connectivity index (χ0n) is 10.1. The van der Waals surface area contributed by atoms with E-state index in [0.29, 0.717) is 13.0 Å². The number of carbonyl (C=O) groups is 1. The maximum Gasteiger partial charge on any atom is 0.219 e. The summed E-state index contributed by atoms with van der Waals surface area (Å²) in [7, 11) is 0. The fraction of sp³-hybridized carbons (Fsp3) is 0.133. The molecule has 2 aromatic rings. The number of benzene rings is 2. The lowest BCUT2D eigenvalue weighted by molar-refractivity contribution is -0.117. The van der Waals surface area contributed by atoms with Crippen LogP contribution in [0.4, 0.5) is 5.69 Å². The SMILES string of the molecule is NC(=O)CCNc1ccccc1-c1ccccc1. The highest BCUT2D eigenvalue weighted by atomic mass is 16.1. The van der Waals surface area contributed by atoms with Crippen LogP contribution in [0.5, 0.6) is 0 Å². The van der Waals surface area contributed by atoms with Crippen molar-refractivity contribution in [1.82, 2.24) is 0 Å². The van der Waals surface area contributed by atoms with Crippen LogP contribution in [-0.2, 0) is 4.79 Å². The molecule has 3 nitrogen and oxygen atoms in total. The maximum atomic E-state index is 10.7. The molecule has 0 radical (unpaired) electrons. The van der Waals surface area contributed by atoms with E-state index < -0.39 is 0 Å². The number of nitrogens with two attached hydrogens (primary N) is 1. The van der Waals surface area contributed by atoms with Crippen molar-refractivity contribution in [3.05, 3.63) is 54.6 Å². The van der Waals surface area contributed by atoms with Crippen molar-refractivity contribution >= 4 is 11.6 Å². The molecule has 0 fully saturated rings. The quantitative estimate of drug-likeness (QED) is 0.844. The largest absolute Gasteiger partial charge is 0.384 e. The summed E-state index contributed by atoms with van der Waals surface area (Å²) in [6.07, 6.45) is 0.336. The Kier molecular flexibility index (Phi) is 3.97. The Morgan fingerprint density at radius 3 is 2.39 bits per heavy atom. The molecule has 0 spiro atoms. The van der Waals surface area contributed by atoms with Crippen molar-refractivity contribution < 1.29 is 4.79 Å². The molecule has 0 saturated heterocycles. The number of carbonyl (C=O) groups excluding carboxylic acids is 1. The molecule has 2 aromatic carbocycles. The number of amides is 1. The van der Waals surface area contributed by atoms with Gasteiger partial charge in [0.25, 0.3) is 0 Å². The molecule has 92 valence electrons. The minimum Gasteiger partial charge on any atom is -0.384 e. The van der Waals surface area contributed by atoms with Gasteiger partial charge in [0.05, 0.1) is 0 Å². The molecule has 0 aliphatic rings. The van der Waals surface area contributed by atoms with Crippen molar-refractivity contribution in [2.24, 2.45) is 5.73 Å². The van der Waals surface area contributed by atoms with E-state index in [1.807, 2.05) is 36.4 Å². The predicted molar refractivity (Wildman–Crippen MR) is 74.2 cm³/mol. The van der Waals surface area contributed by atoms with Crippen molar-refractivity contribution in [1.29, 1.82) is 0 Å². The fourth-order valence-corrected chi connectivity index (χ4v) is 1.83. The second-order valence-corrected chi connectivity index (χ2v) is 4.05. The van der Waals surface area contributed by atoms with E-state index in [2.05, 4.69) is 23.5 Å². The van der Waals surface area contributed by atoms with E-state index in [1.54, 1.807) is 0 Å². The van der Waals surface area contributed by atoms with Crippen molar-refractivity contribution in [2.75, 3.05) is 11.9 Å². The van der Waals surface area contributed by atoms with Crippen molar-refractivity contribution in [2.45, 2.75) is 6.42 Å². The van der Waals surface area contributed by atoms with Gasteiger partial charge in [0, 0.05) is 24.2 Å². The molecule has 3 heteroatoms. The molecule has 0 bridgehead atoms. The van der Waals surface area contributed by atoms with Crippen LogP contribution in [0.2, 0.25) is 0 Å². The Bertz CT molecular complexity index is 523. The molecule has 0 aliphatic heterocycles. The Balaban J connectivity index is 2.18. The summed E-state index contributed by atoms with van der Waals surface area (Å²) in [6.45, 7) is 0.555. The number of nitrogens with one attached hydrogen (secondary N) is 1. The van der Waals surface area contributed by atoms with Gasteiger partial charge < -0.3 is 11.1 Å². The number of primary amides is 1. The third-order valence-electron chi connectivity index (χ3n) is 2.70. The first kappa shape index (κ1) is 12.2. The number of hydrogen-bond acceptors (Lipinski definition) is 2. The van der Waals surface area contributed by atoms with Crippen LogP contribution < -0.4 is 11.1 Å². The minimum absolute atomic E-state index is 0.292. The molecule has 2 rings (SSSR count). The molecule has 1 amide bonds. The second-order valence-electron chi connectivity index (χ2n) is 4.05. The van der Waals surface area contributed by atoms with Gasteiger partial charge >= 0.3 is 0 Å². The molecular weight excluding hydrogens is 224 g/mol. The van der Waals surface area contributed by atoms with Crippen LogP contribution >= 0.6 is 0 Å². The highest BCUT2D eigenvalue weighted by Gasteiger charge is 2.03. The predicted octanol–water partition coefficient (Wildman–Crippen LogP) is 2.64. The van der Waals surface area contributed by atoms with E-state index in [-0.39, 0.29) is 5.91 Å². The molecule has 0 aliphatic carbocycles. The van der Waals surface area contributed by atoms with Gasteiger partial charge in [0.2, 0.25) is 5.91 Å². The third-order valence-corrected chi connectivity index (χ3v) is 2.70. The lowest BCUT2D eigenvalue weighted by atomic mass is 10.0. The summed E-state index contributed by atoms with van der Waals surface area (Å²) in [5.41, 5.74) is 8.43. The molecule has 0 unspecified atom stereocenters. The number of anilines is 1. The van der Waals surface area contributed by atoms with Crippen LogP contribution in [-0.4, -0.2) is 12.5 Å². The fourth-order valence-electron chi connectivity index (χ4n) is 1.83. The van der Waals surface area contributed by atoms with Gasteiger partial charge in [-0.2, -0.15) is 0 Å². The Morgan fingerprint density at radius 2 is 1.67 bits per heavy atom. The topological polar surface area (TPSA) is 55.1 Å². The number of para-hydroxylation sites is 1. The summed E-state index contributed by atoms with van der Waals surface area (Å²) < 4.78 is 0. The molecule has 0 heterocycles. The third kappa shape index (κ3) is 3.10. The van der Waals surface area contributed by atoms with Gasteiger partial charge in [-0.1, -0.05) is 48.5 Å². The first-order valence-corrected chi connectivity index (χ1v) is 5.94. The summed E-state index contributed by atoms with van der Waals surface area (Å²) in [6, 6.07) is 18.2. The van der Waals surface area contributed by atoms with Crippen LogP contribution in [0.3, 0.4) is 0 Å². The first-order chi connectivity index (χ1) is 8.77. The summed E-state index contributed by atoms with van der Waals surface area (Å²) in [5.74, 6) is -0.292. The molecule has 18 heavy (non-hydrogen) atoms. The van der Waals surface area contributed by atoms with Crippen molar-refractivity contribution in [3.63, 3.8) is 0 Å². The summed E-state index contributed by atoms with van der Waals surface area (Å²) in [5, 5.41) is 3.24. The van der Waals surface area contributed by atoms with E-state index >= 15 is 0 Å². The van der Waals surface area contributed by atoms with Gasteiger partial charge in [0.15, 0.2) is 0 Å². The lowest BCUT2D eigenvalue weighted by Gasteiger charge is -2.11. The van der Waals surface area contributed by atoms with E-state index in [4.69, 9.17) is 5.73 Å². The standard InChI is InChI=1S/C15H16N2O/c16-15(18)10-11-17-14-9-5-4-8-13(14)12-6-2-1-3-7-12/h1-9,17H,10-11H2,(H2,16,18). The molecule has 0 atom stereocenters. The van der Waals surface area contributed by atoms with E-state index in [9.17, 15) is 4.79 Å². The second kappa shape index (κ2) is 5.87. The highest BCUT2D eigenvalue weighted by molar-refractivity contribution is 5.78. The summed E-state index contributed by atoms with van der Waals surface area (Å²) in [4.78, 5) is 10.7. The van der Waals surface area contributed by atoms with Gasteiger partial charge in [-0.15, -0.1) is 0 Å². The van der Waals surface area contributed by atoms with Crippen molar-refractivity contribution in [3.8, 4) is 11.1 Å². The minimum atomic E-state index is -0.292. The average Bonchev–Trinajstić information content (AvgIpc) is 2.40. The summed E-state index contributed by atoms with van der Waals surface area (Å²) >= 11 is 0. The number of rotatable bonds is 5. The van der Waals surface area contributed by atoms with Crippen LogP contribution in [0.1, 0.15) is 6.42 Å². The van der Waals surface area contributed by atoms with E-state index in [0.717, 1.165) is 16.8 Å². The molecule has 0 saturated carbocycles. The zero-order chi connectivity index (χ0) is 12.8. The Hall–Kier alpha value is -2.29. The molecular formula is C15H16N2O. The zero-order valence-corrected chi connectivity index (χ0v) is 10.1. The van der Waals surface area contributed by atoms with Crippen LogP contribution in [0.15, 0.2) is 54.6 Å². The smallest absolute Gasteiger partial charge is 0.219 e. The monoisotopic (exact) mass is 240 g/mol. The lowest BCUT2D eigenvalue weighted by Crippen LogP contribution is -2.16. The maximum absolute atomic E-state index is 10.7. The number of hydrogen-bond donors (Lipinski definition) is 2. The molecule has 3 N–H and O–H groups in total. The van der Waals surface area contributed by atoms with Crippen LogP contribution in [0, 0.1) is 0 Å². The van der Waals surface area contributed by atoms with Gasteiger partial charge in [-0.25, -0.2) is 0 Å². The van der Waals surface area contributed by atoms with Gasteiger partial charge in [-0.3, -0.25) is 4.79 Å². The van der Waals surface area contributed by atoms with Gasteiger partial charge in [0.1, 0.15) is 0 Å². The van der Waals surface area contributed by atoms with Crippen LogP contribution in [0.25, 0.3) is 11.1 Å². The first-order valence-electron chi connectivity index (χ1n) is 5.94. The van der Waals surface area contributed by atoms with Gasteiger partial charge in [-0.05, 0) is 11.6 Å².